The first-order valence-electron chi connectivity index (χ1n) is 12.7. The smallest absolute Gasteiger partial charge is 0.273 e. The van der Waals surface area contributed by atoms with Crippen LogP contribution in [-0.2, 0) is 24.1 Å². The number of ether oxygens (including phenoxy) is 1. The number of rotatable bonds is 8. The predicted molar refractivity (Wildman–Crippen MR) is 134 cm³/mol. The summed E-state index contributed by atoms with van der Waals surface area (Å²) >= 11 is 3.27. The zero-order valence-corrected chi connectivity index (χ0v) is 21.6. The van der Waals surface area contributed by atoms with Gasteiger partial charge in [0.15, 0.2) is 0 Å². The highest BCUT2D eigenvalue weighted by Crippen LogP contribution is 2.34. The number of carbonyl (C=O) groups is 1. The van der Waals surface area contributed by atoms with Crippen molar-refractivity contribution in [1.29, 1.82) is 0 Å². The Labute approximate surface area is 209 Å². The van der Waals surface area contributed by atoms with E-state index >= 15 is 0 Å². The average Bonchev–Trinajstić information content (AvgIpc) is 3.33. The first kappa shape index (κ1) is 24.1. The lowest BCUT2D eigenvalue weighted by molar-refractivity contribution is -0.121. The SMILES string of the molecule is Cc1ncc(CC(=O)N[C@H]2CC[C@H](CCN3CCc4nc(O[C@H]5C[C@H](F)C5)sc4CC3)CC2)s1. The number of aryl methyl sites for hydroxylation is 1. The van der Waals surface area contributed by atoms with Crippen LogP contribution in [-0.4, -0.2) is 58.7 Å². The molecule has 0 atom stereocenters. The lowest BCUT2D eigenvalue weighted by Crippen LogP contribution is -2.38. The van der Waals surface area contributed by atoms with Gasteiger partial charge in [-0.3, -0.25) is 4.79 Å². The van der Waals surface area contributed by atoms with Crippen LogP contribution in [0.1, 0.15) is 65.4 Å². The van der Waals surface area contributed by atoms with Gasteiger partial charge in [0.05, 0.1) is 17.1 Å². The second-order valence-electron chi connectivity index (χ2n) is 10.1. The third-order valence-corrected chi connectivity index (χ3v) is 9.41. The molecule has 2 aromatic heterocycles. The summed E-state index contributed by atoms with van der Waals surface area (Å²) in [6, 6.07) is 0.324. The molecule has 5 rings (SSSR count). The number of alkyl halides is 1. The highest BCUT2D eigenvalue weighted by atomic mass is 32.1. The molecular formula is C25H35FN4O2S2. The molecule has 0 radical (unpaired) electrons. The van der Waals surface area contributed by atoms with Crippen LogP contribution in [0.25, 0.3) is 0 Å². The zero-order valence-electron chi connectivity index (χ0n) is 19.9. The van der Waals surface area contributed by atoms with Gasteiger partial charge >= 0.3 is 0 Å². The molecule has 9 heteroatoms. The van der Waals surface area contributed by atoms with Crippen LogP contribution in [0.3, 0.4) is 0 Å². The highest BCUT2D eigenvalue weighted by molar-refractivity contribution is 7.13. The van der Waals surface area contributed by atoms with Crippen molar-refractivity contribution < 1.29 is 13.9 Å². The molecular weight excluding hydrogens is 471 g/mol. The van der Waals surface area contributed by atoms with E-state index < -0.39 is 6.17 Å². The molecule has 3 aliphatic rings. The van der Waals surface area contributed by atoms with Crippen molar-refractivity contribution in [1.82, 2.24) is 20.2 Å². The number of carbonyl (C=O) groups excluding carboxylic acids is 1. The molecule has 1 N–H and O–H groups in total. The maximum absolute atomic E-state index is 13.0. The minimum absolute atomic E-state index is 0.0206. The molecule has 2 aromatic rings. The minimum atomic E-state index is -0.691. The number of amides is 1. The summed E-state index contributed by atoms with van der Waals surface area (Å²) in [7, 11) is 0. The van der Waals surface area contributed by atoms with Crippen LogP contribution in [0.4, 0.5) is 4.39 Å². The van der Waals surface area contributed by atoms with Gasteiger partial charge in [-0.25, -0.2) is 14.4 Å². The highest BCUT2D eigenvalue weighted by Gasteiger charge is 2.32. The van der Waals surface area contributed by atoms with E-state index in [4.69, 9.17) is 9.72 Å². The first-order chi connectivity index (χ1) is 16.5. The van der Waals surface area contributed by atoms with Gasteiger partial charge in [0.1, 0.15) is 12.3 Å². The number of aromatic nitrogens is 2. The number of hydrogen-bond donors (Lipinski definition) is 1. The molecule has 3 heterocycles. The van der Waals surface area contributed by atoms with E-state index in [1.54, 1.807) is 22.7 Å². The predicted octanol–water partition coefficient (Wildman–Crippen LogP) is 4.50. The number of thiazole rings is 2. The Hall–Kier alpha value is -1.58. The summed E-state index contributed by atoms with van der Waals surface area (Å²) in [6.45, 7) is 5.24. The van der Waals surface area contributed by atoms with Crippen molar-refractivity contribution in [2.75, 3.05) is 19.6 Å². The van der Waals surface area contributed by atoms with E-state index in [0.717, 1.165) is 66.3 Å². The fraction of sp³-hybridized carbons (Fsp3) is 0.720. The van der Waals surface area contributed by atoms with Gasteiger partial charge in [0, 0.05) is 54.3 Å². The zero-order chi connectivity index (χ0) is 23.5. The Morgan fingerprint density at radius 3 is 2.74 bits per heavy atom. The van der Waals surface area contributed by atoms with Gasteiger partial charge in [0.25, 0.3) is 5.19 Å². The number of hydrogen-bond acceptors (Lipinski definition) is 7. The van der Waals surface area contributed by atoms with E-state index in [1.165, 1.54) is 29.8 Å². The maximum Gasteiger partial charge on any atom is 0.273 e. The van der Waals surface area contributed by atoms with Gasteiger partial charge in [-0.15, -0.1) is 11.3 Å². The second kappa shape index (κ2) is 11.0. The average molecular weight is 507 g/mol. The first-order valence-corrected chi connectivity index (χ1v) is 14.4. The molecule has 2 aliphatic carbocycles. The topological polar surface area (TPSA) is 67.4 Å². The molecule has 6 nitrogen and oxygen atoms in total. The molecule has 1 aliphatic heterocycles. The normalized spacial score (nSPS) is 27.5. The van der Waals surface area contributed by atoms with Crippen LogP contribution in [0.15, 0.2) is 6.20 Å². The van der Waals surface area contributed by atoms with Crippen LogP contribution >= 0.6 is 22.7 Å². The fourth-order valence-corrected chi connectivity index (χ4v) is 7.09. The quantitative estimate of drug-likeness (QED) is 0.571. The molecule has 0 bridgehead atoms. The molecule has 2 saturated carbocycles. The lowest BCUT2D eigenvalue weighted by Gasteiger charge is -2.30. The Bertz CT molecular complexity index is 941. The van der Waals surface area contributed by atoms with E-state index in [9.17, 15) is 9.18 Å². The minimum Gasteiger partial charge on any atom is -0.466 e. The van der Waals surface area contributed by atoms with Crippen molar-refractivity contribution in [2.45, 2.75) is 89.4 Å². The van der Waals surface area contributed by atoms with Gasteiger partial charge in [-0.1, -0.05) is 11.3 Å². The molecule has 186 valence electrons. The summed E-state index contributed by atoms with van der Waals surface area (Å²) in [5, 5.41) is 4.99. The van der Waals surface area contributed by atoms with Crippen LogP contribution < -0.4 is 10.1 Å². The molecule has 0 aromatic carbocycles. The molecule has 1 amide bonds. The van der Waals surface area contributed by atoms with Crippen molar-refractivity contribution in [3.05, 3.63) is 26.7 Å². The van der Waals surface area contributed by atoms with Crippen molar-refractivity contribution in [3.8, 4) is 5.19 Å². The molecule has 0 spiro atoms. The molecule has 0 saturated heterocycles. The Balaban J connectivity index is 0.987. The molecule has 34 heavy (non-hydrogen) atoms. The number of nitrogens with one attached hydrogen (secondary N) is 1. The number of nitrogens with zero attached hydrogens (tertiary/aromatic N) is 3. The van der Waals surface area contributed by atoms with E-state index in [-0.39, 0.29) is 12.0 Å². The third kappa shape index (κ3) is 6.34. The number of halogens is 1. The van der Waals surface area contributed by atoms with Crippen LogP contribution in [0.2, 0.25) is 0 Å². The van der Waals surface area contributed by atoms with Crippen molar-refractivity contribution in [3.63, 3.8) is 0 Å². The maximum atomic E-state index is 13.0. The van der Waals surface area contributed by atoms with Gasteiger partial charge in [-0.05, 0) is 57.9 Å². The number of fused-ring (bicyclic) bond motifs is 1. The Morgan fingerprint density at radius 1 is 1.21 bits per heavy atom. The van der Waals surface area contributed by atoms with Gasteiger partial charge in [-0.2, -0.15) is 0 Å². The largest absolute Gasteiger partial charge is 0.466 e. The van der Waals surface area contributed by atoms with Gasteiger partial charge < -0.3 is 15.0 Å². The lowest BCUT2D eigenvalue weighted by atomic mass is 9.84. The summed E-state index contributed by atoms with van der Waals surface area (Å²) in [4.78, 5) is 26.3. The summed E-state index contributed by atoms with van der Waals surface area (Å²) < 4.78 is 18.9. The van der Waals surface area contributed by atoms with Crippen LogP contribution in [0, 0.1) is 12.8 Å². The molecule has 2 fully saturated rings. The Morgan fingerprint density at radius 2 is 2.00 bits per heavy atom. The Kier molecular flexibility index (Phi) is 7.80. The fourth-order valence-electron chi connectivity index (χ4n) is 5.28. The summed E-state index contributed by atoms with van der Waals surface area (Å²) in [5.41, 5.74) is 1.18. The summed E-state index contributed by atoms with van der Waals surface area (Å²) in [5.74, 6) is 0.889. The van der Waals surface area contributed by atoms with E-state index in [0.29, 0.717) is 25.3 Å². The van der Waals surface area contributed by atoms with E-state index in [2.05, 4.69) is 15.2 Å². The standard InChI is InChI=1S/C25H35FN4O2S2/c1-16-27-15-21(33-16)14-24(31)28-19-4-2-17(3-5-19)6-9-30-10-7-22-23(8-11-30)34-25(29-22)32-20-12-18(26)13-20/h15,17-20H,2-14H2,1H3,(H,28,31)/t17-,18-,19-,20-. The van der Waals surface area contributed by atoms with Gasteiger partial charge in [0.2, 0.25) is 5.91 Å². The summed E-state index contributed by atoms with van der Waals surface area (Å²) in [6.07, 6.45) is 10.5. The third-order valence-electron chi connectivity index (χ3n) is 7.45. The van der Waals surface area contributed by atoms with Crippen molar-refractivity contribution in [2.24, 2.45) is 5.92 Å². The monoisotopic (exact) mass is 506 g/mol. The second-order valence-corrected chi connectivity index (χ2v) is 12.5. The molecule has 0 unspecified atom stereocenters. The van der Waals surface area contributed by atoms with Crippen molar-refractivity contribution >= 4 is 28.6 Å². The van der Waals surface area contributed by atoms with Crippen LogP contribution in [0.5, 0.6) is 5.19 Å². The van der Waals surface area contributed by atoms with E-state index in [1.807, 2.05) is 13.1 Å².